The Morgan fingerprint density at radius 2 is 1.56 bits per heavy atom. The molecule has 0 saturated heterocycles. The summed E-state index contributed by atoms with van der Waals surface area (Å²) in [6.07, 6.45) is 0. The molecule has 7 nitrogen and oxygen atoms in total. The molecule has 0 aromatic heterocycles. The Morgan fingerprint density at radius 1 is 1.19 bits per heavy atom. The van der Waals surface area contributed by atoms with Gasteiger partial charge in [0.05, 0.1) is 5.97 Å². The molecule has 0 heterocycles. The van der Waals surface area contributed by atoms with Crippen LogP contribution >= 0.6 is 0 Å². The summed E-state index contributed by atoms with van der Waals surface area (Å²) in [4.78, 5) is 10.2. The second kappa shape index (κ2) is 7.76. The summed E-state index contributed by atoms with van der Waals surface area (Å²) in [7, 11) is 0. The van der Waals surface area contributed by atoms with E-state index >= 15 is 0 Å². The van der Waals surface area contributed by atoms with E-state index in [1.54, 1.807) is 6.07 Å². The molecule has 0 fully saturated rings. The van der Waals surface area contributed by atoms with Crippen LogP contribution in [-0.2, 0) is 21.2 Å². The van der Waals surface area contributed by atoms with Crippen molar-refractivity contribution in [2.24, 2.45) is 0 Å². The maximum atomic E-state index is 10.2. The van der Waals surface area contributed by atoms with Gasteiger partial charge in [-0.1, -0.05) is 12.1 Å². The van der Waals surface area contributed by atoms with Gasteiger partial charge < -0.3 is 15.0 Å². The molecule has 0 atom stereocenters. The predicted molar refractivity (Wildman–Crippen MR) is 38.2 cm³/mol. The Morgan fingerprint density at radius 3 is 1.81 bits per heavy atom. The second-order valence-corrected chi connectivity index (χ2v) is 3.65. The molecule has 0 spiro atoms. The van der Waals surface area contributed by atoms with Gasteiger partial charge in [0.25, 0.3) is 0 Å². The summed E-state index contributed by atoms with van der Waals surface area (Å²) in [6, 6.07) is 5.64. The first-order valence-corrected chi connectivity index (χ1v) is 5.59. The standard InChI is InChI=1S/C7H6O3.Cr.Na.2H2O.2O/c8-6-4-2-1-3-5(6)7(9)10;;;;;;/h1-4,8H,(H,9,10);;;2*1H2;;/q;+2;+1;;;;/p-3. The van der Waals surface area contributed by atoms with E-state index in [0.717, 1.165) is 0 Å². The van der Waals surface area contributed by atoms with Crippen molar-refractivity contribution in [3.8, 4) is 5.75 Å². The van der Waals surface area contributed by atoms with Crippen molar-refractivity contribution in [3.05, 3.63) is 29.8 Å². The Kier molecular flexibility index (Phi) is 8.69. The van der Waals surface area contributed by atoms with Crippen LogP contribution in [0.25, 0.3) is 0 Å². The van der Waals surface area contributed by atoms with Gasteiger partial charge in [0.15, 0.2) is 0 Å². The summed E-state index contributed by atoms with van der Waals surface area (Å²) < 4.78 is 31.9. The predicted octanol–water partition coefficient (Wildman–Crippen LogP) is -4.59. The van der Waals surface area contributed by atoms with Crippen LogP contribution in [-0.4, -0.2) is 19.4 Å². The van der Waals surface area contributed by atoms with E-state index in [1.807, 2.05) is 0 Å². The number of benzene rings is 1. The minimum absolute atomic E-state index is 0. The van der Waals surface area contributed by atoms with E-state index < -0.39 is 19.6 Å². The van der Waals surface area contributed by atoms with Crippen LogP contribution in [0.4, 0.5) is 0 Å². The molecule has 0 saturated carbocycles. The molecule has 0 amide bonds. The zero-order valence-corrected chi connectivity index (χ0v) is 11.5. The Bertz CT molecular complexity index is 434. The topological polar surface area (TPSA) is 135 Å². The number of aromatic carboxylic acids is 1. The number of carboxylic acid groups (broad SMARTS) is 1. The first-order valence-electron chi connectivity index (χ1n) is 3.41. The summed E-state index contributed by atoms with van der Waals surface area (Å²) in [6.45, 7) is 0. The molecule has 0 aliphatic heterocycles. The average Bonchev–Trinajstić information content (AvgIpc) is 2.01. The second-order valence-electron chi connectivity index (χ2n) is 2.25. The molecule has 1 rings (SSSR count). The van der Waals surface area contributed by atoms with E-state index in [4.69, 9.17) is 21.0 Å². The van der Waals surface area contributed by atoms with Crippen LogP contribution in [0.2, 0.25) is 0 Å². The van der Waals surface area contributed by atoms with Gasteiger partial charge in [-0.3, -0.25) is 0 Å². The van der Waals surface area contributed by atoms with Gasteiger partial charge in [0.1, 0.15) is 5.75 Å². The van der Waals surface area contributed by atoms with Crippen molar-refractivity contribution >= 4 is 5.97 Å². The average molecular weight is 278 g/mol. The van der Waals surface area contributed by atoms with E-state index in [1.165, 1.54) is 18.2 Å². The number of carbonyl (C=O) groups is 1. The number of phenols is 1. The Labute approximate surface area is 115 Å². The van der Waals surface area contributed by atoms with E-state index in [9.17, 15) is 9.90 Å². The number of para-hydroxylation sites is 1. The quantitative estimate of drug-likeness (QED) is 0.440. The Balaban J connectivity index is 0. The molecule has 1 aromatic carbocycles. The minimum atomic E-state index is -5.25. The van der Waals surface area contributed by atoms with E-state index in [0.29, 0.717) is 0 Å². The molecule has 16 heavy (non-hydrogen) atoms. The number of hydrogen-bond donors (Lipinski definition) is 3. The van der Waals surface area contributed by atoms with Gasteiger partial charge in [0.2, 0.25) is 0 Å². The third kappa shape index (κ3) is 10.1. The molecule has 3 N–H and O–H groups in total. The fraction of sp³-hybridized carbons (Fsp3) is 0. The molecule has 0 bridgehead atoms. The van der Waals surface area contributed by atoms with Crippen LogP contribution in [0.1, 0.15) is 10.4 Å². The number of rotatable bonds is 1. The van der Waals surface area contributed by atoms with Crippen molar-refractivity contribution < 1.29 is 74.1 Å². The zero-order valence-electron chi connectivity index (χ0n) is 8.19. The van der Waals surface area contributed by atoms with Crippen molar-refractivity contribution in [2.75, 3.05) is 0 Å². The van der Waals surface area contributed by atoms with Crippen molar-refractivity contribution in [1.29, 1.82) is 0 Å². The summed E-state index contributed by atoms with van der Waals surface area (Å²) in [5.41, 5.74) is -0.178. The fourth-order valence-corrected chi connectivity index (χ4v) is 0.646. The van der Waals surface area contributed by atoms with Gasteiger partial charge in [-0.05, 0) is 12.1 Å². The van der Waals surface area contributed by atoms with Gasteiger partial charge in [-0.15, -0.1) is 0 Å². The zero-order chi connectivity index (χ0) is 12.1. The first-order chi connectivity index (χ1) is 6.72. The van der Waals surface area contributed by atoms with E-state index in [2.05, 4.69) is 0 Å². The number of carbonyl (C=O) groups excluding carboxylic acids is 1. The van der Waals surface area contributed by atoms with Gasteiger partial charge >= 0.3 is 59.1 Å². The summed E-state index contributed by atoms with van der Waals surface area (Å²) in [5.74, 6) is -1.62. The molecule has 1 aromatic rings. The van der Waals surface area contributed by atoms with Gasteiger partial charge in [-0.25, -0.2) is 0 Å². The van der Waals surface area contributed by atoms with Crippen LogP contribution in [0.15, 0.2) is 24.3 Å². The van der Waals surface area contributed by atoms with Crippen molar-refractivity contribution in [2.45, 2.75) is 0 Å². The number of carboxylic acids is 1. The van der Waals surface area contributed by atoms with Gasteiger partial charge in [-0.2, -0.15) is 0 Å². The molecule has 0 aliphatic carbocycles. The van der Waals surface area contributed by atoms with Gasteiger partial charge in [0, 0.05) is 5.56 Å². The monoisotopic (exact) mass is 278 g/mol. The number of aromatic hydroxyl groups is 1. The third-order valence-corrected chi connectivity index (χ3v) is 1.12. The van der Waals surface area contributed by atoms with Crippen LogP contribution in [0.5, 0.6) is 5.75 Å². The summed E-state index contributed by atoms with van der Waals surface area (Å²) >= 11 is -5.25. The fourth-order valence-electron chi connectivity index (χ4n) is 0.646. The van der Waals surface area contributed by atoms with Crippen LogP contribution < -0.4 is 34.7 Å². The third-order valence-electron chi connectivity index (χ3n) is 1.12. The maximum absolute atomic E-state index is 10.2. The molecule has 0 unspecified atom stereocenters. The molecular weight excluding hydrogens is 271 g/mol. The molecule has 0 aliphatic rings. The van der Waals surface area contributed by atoms with E-state index in [-0.39, 0.29) is 40.9 Å². The summed E-state index contributed by atoms with van der Waals surface area (Å²) in [5, 5.41) is 19.0. The normalized spacial score (nSPS) is 9.38. The molecule has 0 radical (unpaired) electrons. The SMILES string of the molecule is O=C([O-])c1ccccc1O.[Na+].[O]=[Cr](=[O])([OH])[OH]. The Hall–Kier alpha value is -0.458. The number of hydrogen-bond acceptors (Lipinski definition) is 5. The van der Waals surface area contributed by atoms with Crippen LogP contribution in [0, 0.1) is 0 Å². The van der Waals surface area contributed by atoms with Crippen LogP contribution in [0.3, 0.4) is 0 Å². The van der Waals surface area contributed by atoms with Crippen molar-refractivity contribution in [1.82, 2.24) is 0 Å². The molecule has 84 valence electrons. The molecule has 9 heteroatoms. The molecular formula is C7H7CrNaO7. The first kappa shape index (κ1) is 17.9. The van der Waals surface area contributed by atoms with Crippen molar-refractivity contribution in [3.63, 3.8) is 0 Å².